The van der Waals surface area contributed by atoms with Gasteiger partial charge in [-0.1, -0.05) is 34.1 Å². The Bertz CT molecular complexity index is 631. The first-order chi connectivity index (χ1) is 10.7. The van der Waals surface area contributed by atoms with Gasteiger partial charge in [0.05, 0.1) is 20.1 Å². The molecule has 22 heavy (non-hydrogen) atoms. The quantitative estimate of drug-likeness (QED) is 0.768. The Morgan fingerprint density at radius 3 is 2.68 bits per heavy atom. The lowest BCUT2D eigenvalue weighted by Gasteiger charge is -2.09. The first-order valence-corrected chi connectivity index (χ1v) is 7.74. The lowest BCUT2D eigenvalue weighted by Crippen LogP contribution is -2.29. The molecule has 116 valence electrons. The van der Waals surface area contributed by atoms with Crippen molar-refractivity contribution in [3.8, 4) is 11.5 Å². The van der Waals surface area contributed by atoms with Crippen molar-refractivity contribution in [1.29, 1.82) is 0 Å². The van der Waals surface area contributed by atoms with Crippen LogP contribution in [0, 0.1) is 0 Å². The summed E-state index contributed by atoms with van der Waals surface area (Å²) in [4.78, 5) is 11.8. The lowest BCUT2D eigenvalue weighted by molar-refractivity contribution is -0.120. The molecule has 0 bridgehead atoms. The highest BCUT2D eigenvalue weighted by atomic mass is 79.9. The van der Waals surface area contributed by atoms with Gasteiger partial charge in [0, 0.05) is 10.5 Å². The molecule has 2 aromatic carbocycles. The first kappa shape index (κ1) is 16.4. The van der Waals surface area contributed by atoms with E-state index in [4.69, 9.17) is 9.47 Å². The van der Waals surface area contributed by atoms with Crippen LogP contribution in [0.4, 0.5) is 0 Å². The molecule has 0 aromatic heterocycles. The minimum absolute atomic E-state index is 0.0210. The van der Waals surface area contributed by atoms with E-state index in [1.807, 2.05) is 48.5 Å². The van der Waals surface area contributed by atoms with E-state index in [-0.39, 0.29) is 5.91 Å². The van der Waals surface area contributed by atoms with E-state index in [2.05, 4.69) is 21.2 Å². The number of carbonyl (C=O) groups excluding carboxylic acids is 1. The second kappa shape index (κ2) is 8.44. The summed E-state index contributed by atoms with van der Waals surface area (Å²) in [7, 11) is 1.61. The smallest absolute Gasteiger partial charge is 0.224 e. The molecule has 2 aromatic rings. The van der Waals surface area contributed by atoms with E-state index in [9.17, 15) is 4.79 Å². The van der Waals surface area contributed by atoms with Gasteiger partial charge < -0.3 is 14.8 Å². The van der Waals surface area contributed by atoms with Crippen LogP contribution in [0.1, 0.15) is 5.56 Å². The maximum absolute atomic E-state index is 11.8. The van der Waals surface area contributed by atoms with Gasteiger partial charge in [0.15, 0.2) is 0 Å². The molecule has 0 radical (unpaired) electrons. The van der Waals surface area contributed by atoms with Crippen LogP contribution in [-0.4, -0.2) is 26.2 Å². The topological polar surface area (TPSA) is 47.6 Å². The Labute approximate surface area is 138 Å². The molecule has 0 fully saturated rings. The predicted octanol–water partition coefficient (Wildman–Crippen LogP) is 3.20. The van der Waals surface area contributed by atoms with Crippen LogP contribution < -0.4 is 14.8 Å². The molecular formula is C17H18BrNO3. The number of methoxy groups -OCH3 is 1. The SMILES string of the molecule is COc1cccc(OCCNC(=O)Cc2cccc(Br)c2)c1. The average Bonchev–Trinajstić information content (AvgIpc) is 2.52. The van der Waals surface area contributed by atoms with Crippen molar-refractivity contribution in [2.75, 3.05) is 20.3 Å². The second-order valence-corrected chi connectivity index (χ2v) is 5.60. The van der Waals surface area contributed by atoms with Crippen LogP contribution in [0.3, 0.4) is 0 Å². The molecule has 0 heterocycles. The Kier molecular flexibility index (Phi) is 6.27. The first-order valence-electron chi connectivity index (χ1n) is 6.95. The molecule has 0 saturated heterocycles. The molecule has 1 N–H and O–H groups in total. The number of ether oxygens (including phenoxy) is 2. The van der Waals surface area contributed by atoms with Gasteiger partial charge in [-0.3, -0.25) is 4.79 Å². The normalized spacial score (nSPS) is 10.1. The molecule has 1 amide bonds. The van der Waals surface area contributed by atoms with Crippen molar-refractivity contribution in [2.45, 2.75) is 6.42 Å². The fourth-order valence-corrected chi connectivity index (χ4v) is 2.39. The largest absolute Gasteiger partial charge is 0.497 e. The van der Waals surface area contributed by atoms with Gasteiger partial charge in [0.2, 0.25) is 5.91 Å². The fourth-order valence-electron chi connectivity index (χ4n) is 1.95. The van der Waals surface area contributed by atoms with Gasteiger partial charge in [0.25, 0.3) is 0 Å². The number of hydrogen-bond donors (Lipinski definition) is 1. The van der Waals surface area contributed by atoms with E-state index in [0.29, 0.717) is 19.6 Å². The molecular weight excluding hydrogens is 346 g/mol. The minimum Gasteiger partial charge on any atom is -0.497 e. The van der Waals surface area contributed by atoms with Gasteiger partial charge >= 0.3 is 0 Å². The minimum atomic E-state index is -0.0210. The van der Waals surface area contributed by atoms with Crippen molar-refractivity contribution < 1.29 is 14.3 Å². The van der Waals surface area contributed by atoms with Crippen molar-refractivity contribution in [2.24, 2.45) is 0 Å². The second-order valence-electron chi connectivity index (χ2n) is 4.68. The van der Waals surface area contributed by atoms with Crippen LogP contribution in [0.2, 0.25) is 0 Å². The van der Waals surface area contributed by atoms with Gasteiger partial charge in [-0.2, -0.15) is 0 Å². The third kappa shape index (κ3) is 5.41. The van der Waals surface area contributed by atoms with Crippen molar-refractivity contribution >= 4 is 21.8 Å². The molecule has 0 saturated carbocycles. The molecule has 0 aliphatic carbocycles. The predicted molar refractivity (Wildman–Crippen MR) is 89.3 cm³/mol. The monoisotopic (exact) mass is 363 g/mol. The van der Waals surface area contributed by atoms with Gasteiger partial charge in [0.1, 0.15) is 18.1 Å². The van der Waals surface area contributed by atoms with Gasteiger partial charge in [-0.15, -0.1) is 0 Å². The third-order valence-electron chi connectivity index (χ3n) is 2.99. The van der Waals surface area contributed by atoms with Crippen molar-refractivity contribution in [1.82, 2.24) is 5.32 Å². The lowest BCUT2D eigenvalue weighted by atomic mass is 10.1. The summed E-state index contributed by atoms with van der Waals surface area (Å²) < 4.78 is 11.7. The highest BCUT2D eigenvalue weighted by molar-refractivity contribution is 9.10. The van der Waals surface area contributed by atoms with E-state index in [0.717, 1.165) is 21.5 Å². The zero-order valence-corrected chi connectivity index (χ0v) is 13.9. The highest BCUT2D eigenvalue weighted by Crippen LogP contribution is 2.18. The third-order valence-corrected chi connectivity index (χ3v) is 3.48. The molecule has 0 aliphatic rings. The van der Waals surface area contributed by atoms with Crippen molar-refractivity contribution in [3.63, 3.8) is 0 Å². The van der Waals surface area contributed by atoms with E-state index >= 15 is 0 Å². The zero-order chi connectivity index (χ0) is 15.8. The Balaban J connectivity index is 1.70. The average molecular weight is 364 g/mol. The fraction of sp³-hybridized carbons (Fsp3) is 0.235. The Morgan fingerprint density at radius 2 is 1.91 bits per heavy atom. The van der Waals surface area contributed by atoms with Crippen LogP contribution >= 0.6 is 15.9 Å². The van der Waals surface area contributed by atoms with Crippen LogP contribution in [0.5, 0.6) is 11.5 Å². The number of carbonyl (C=O) groups is 1. The number of nitrogens with one attached hydrogen (secondary N) is 1. The molecule has 0 unspecified atom stereocenters. The summed E-state index contributed by atoms with van der Waals surface area (Å²) in [5.41, 5.74) is 0.973. The highest BCUT2D eigenvalue weighted by Gasteiger charge is 2.03. The van der Waals surface area contributed by atoms with E-state index in [1.54, 1.807) is 7.11 Å². The number of rotatable bonds is 7. The molecule has 5 heteroatoms. The Hall–Kier alpha value is -2.01. The van der Waals surface area contributed by atoms with Crippen LogP contribution in [0.15, 0.2) is 53.0 Å². The van der Waals surface area contributed by atoms with Crippen LogP contribution in [-0.2, 0) is 11.2 Å². The van der Waals surface area contributed by atoms with Gasteiger partial charge in [-0.05, 0) is 29.8 Å². The number of halogens is 1. The molecule has 4 nitrogen and oxygen atoms in total. The standard InChI is InChI=1S/C17H18BrNO3/c1-21-15-6-3-7-16(12-15)22-9-8-19-17(20)11-13-4-2-5-14(18)10-13/h2-7,10,12H,8-9,11H2,1H3,(H,19,20). The number of hydrogen-bond acceptors (Lipinski definition) is 3. The summed E-state index contributed by atoms with van der Waals surface area (Å²) in [6, 6.07) is 15.1. The molecule has 0 atom stereocenters. The summed E-state index contributed by atoms with van der Waals surface area (Å²) in [6.07, 6.45) is 0.360. The summed E-state index contributed by atoms with van der Waals surface area (Å²) in [5.74, 6) is 1.45. The summed E-state index contributed by atoms with van der Waals surface area (Å²) >= 11 is 3.39. The maximum Gasteiger partial charge on any atom is 0.224 e. The van der Waals surface area contributed by atoms with E-state index in [1.165, 1.54) is 0 Å². The molecule has 0 spiro atoms. The zero-order valence-electron chi connectivity index (χ0n) is 12.3. The number of amides is 1. The van der Waals surface area contributed by atoms with Gasteiger partial charge in [-0.25, -0.2) is 0 Å². The number of benzene rings is 2. The van der Waals surface area contributed by atoms with Crippen molar-refractivity contribution in [3.05, 3.63) is 58.6 Å². The Morgan fingerprint density at radius 1 is 1.14 bits per heavy atom. The molecule has 2 rings (SSSR count). The maximum atomic E-state index is 11.8. The van der Waals surface area contributed by atoms with E-state index < -0.39 is 0 Å². The van der Waals surface area contributed by atoms with Crippen LogP contribution in [0.25, 0.3) is 0 Å². The summed E-state index contributed by atoms with van der Waals surface area (Å²) in [5, 5.41) is 2.84. The summed E-state index contributed by atoms with van der Waals surface area (Å²) in [6.45, 7) is 0.876. The molecule has 0 aliphatic heterocycles.